The summed E-state index contributed by atoms with van der Waals surface area (Å²) in [5.74, 6) is -1.51. The van der Waals surface area contributed by atoms with Gasteiger partial charge in [0.25, 0.3) is 0 Å². The van der Waals surface area contributed by atoms with E-state index < -0.39 is 22.5 Å². The fourth-order valence-electron chi connectivity index (χ4n) is 0.703. The molecule has 13 heavy (non-hydrogen) atoms. The van der Waals surface area contributed by atoms with E-state index in [1.807, 2.05) is 0 Å². The summed E-state index contributed by atoms with van der Waals surface area (Å²) in [4.78, 5) is 14.1. The van der Waals surface area contributed by atoms with E-state index in [9.17, 15) is 9.00 Å². The normalized spacial score (nSPS) is 12.4. The number of carboxylic acids is 1. The zero-order chi connectivity index (χ0) is 9.84. The van der Waals surface area contributed by atoms with E-state index in [2.05, 4.69) is 20.9 Å². The van der Waals surface area contributed by atoms with E-state index >= 15 is 0 Å². The number of hydrogen-bond donors (Lipinski definition) is 1. The standard InChI is InChI=1S/C7H6BrNO3S/c8-5-2-1-3-6(9-5)13(12)4-7(10)11/h1-3H,4H2,(H,10,11). The summed E-state index contributed by atoms with van der Waals surface area (Å²) in [6, 6.07) is 4.87. The number of halogens is 1. The number of nitrogens with zero attached hydrogens (tertiary/aromatic N) is 1. The summed E-state index contributed by atoms with van der Waals surface area (Å²) in [6.07, 6.45) is 0. The lowest BCUT2D eigenvalue weighted by Gasteiger charge is -1.97. The maximum atomic E-state index is 11.3. The molecule has 4 nitrogen and oxygen atoms in total. The molecule has 0 radical (unpaired) electrons. The van der Waals surface area contributed by atoms with Crippen molar-refractivity contribution in [2.75, 3.05) is 5.75 Å². The highest BCUT2D eigenvalue weighted by atomic mass is 79.9. The van der Waals surface area contributed by atoms with Crippen LogP contribution in [0.4, 0.5) is 0 Å². The van der Waals surface area contributed by atoms with Crippen molar-refractivity contribution in [3.63, 3.8) is 0 Å². The molecule has 0 amide bonds. The molecule has 1 aromatic heterocycles. The Morgan fingerprint density at radius 2 is 2.31 bits per heavy atom. The maximum Gasteiger partial charge on any atom is 0.316 e. The zero-order valence-corrected chi connectivity index (χ0v) is 8.84. The molecule has 6 heteroatoms. The van der Waals surface area contributed by atoms with Gasteiger partial charge in [-0.15, -0.1) is 0 Å². The number of carbonyl (C=O) groups is 1. The van der Waals surface area contributed by atoms with Gasteiger partial charge in [0.1, 0.15) is 15.4 Å². The smallest absolute Gasteiger partial charge is 0.316 e. The number of rotatable bonds is 3. The van der Waals surface area contributed by atoms with E-state index in [1.165, 1.54) is 6.07 Å². The molecule has 0 saturated heterocycles. The number of carboxylic acid groups (broad SMARTS) is 1. The Bertz CT molecular complexity index is 355. The van der Waals surface area contributed by atoms with Gasteiger partial charge in [0.2, 0.25) is 0 Å². The Labute approximate surface area is 85.6 Å². The van der Waals surface area contributed by atoms with Crippen LogP contribution in [-0.2, 0) is 15.6 Å². The van der Waals surface area contributed by atoms with Gasteiger partial charge in [-0.1, -0.05) is 6.07 Å². The van der Waals surface area contributed by atoms with Crippen molar-refractivity contribution in [3.05, 3.63) is 22.8 Å². The summed E-state index contributed by atoms with van der Waals surface area (Å²) >= 11 is 3.10. The Balaban J connectivity index is 2.83. The fourth-order valence-corrected chi connectivity index (χ4v) is 1.97. The maximum absolute atomic E-state index is 11.3. The lowest BCUT2D eigenvalue weighted by Crippen LogP contribution is -2.10. The second kappa shape index (κ2) is 4.48. The van der Waals surface area contributed by atoms with Gasteiger partial charge >= 0.3 is 5.97 Å². The minimum absolute atomic E-state index is 0.275. The van der Waals surface area contributed by atoms with Gasteiger partial charge in [0.05, 0.1) is 10.8 Å². The molecule has 1 rings (SSSR count). The SMILES string of the molecule is O=C(O)CS(=O)c1cccc(Br)n1. The number of hydrogen-bond acceptors (Lipinski definition) is 3. The topological polar surface area (TPSA) is 67.3 Å². The molecular formula is C7H6BrNO3S. The Kier molecular flexibility index (Phi) is 3.56. The predicted molar refractivity (Wildman–Crippen MR) is 50.8 cm³/mol. The van der Waals surface area contributed by atoms with Crippen LogP contribution in [-0.4, -0.2) is 26.0 Å². The molecule has 1 aromatic rings. The summed E-state index contributed by atoms with van der Waals surface area (Å²) in [5.41, 5.74) is 0. The van der Waals surface area contributed by atoms with Gasteiger partial charge in [-0.25, -0.2) is 4.98 Å². The average molecular weight is 264 g/mol. The van der Waals surface area contributed by atoms with Gasteiger partial charge in [-0.2, -0.15) is 0 Å². The summed E-state index contributed by atoms with van der Waals surface area (Å²) < 4.78 is 11.8. The first kappa shape index (κ1) is 10.3. The highest BCUT2D eigenvalue weighted by Gasteiger charge is 2.09. The Morgan fingerprint density at radius 1 is 1.62 bits per heavy atom. The quantitative estimate of drug-likeness (QED) is 0.828. The largest absolute Gasteiger partial charge is 0.481 e. The van der Waals surface area contributed by atoms with Crippen molar-refractivity contribution in [2.45, 2.75) is 5.03 Å². The van der Waals surface area contributed by atoms with E-state index in [-0.39, 0.29) is 5.03 Å². The minimum atomic E-state index is -1.56. The third-order valence-electron chi connectivity index (χ3n) is 1.18. The molecule has 0 aliphatic rings. The average Bonchev–Trinajstić information content (AvgIpc) is 2.03. The number of pyridine rings is 1. The molecule has 1 unspecified atom stereocenters. The predicted octanol–water partition coefficient (Wildman–Crippen LogP) is 1.04. The molecule has 0 spiro atoms. The van der Waals surface area contributed by atoms with Crippen LogP contribution in [0.15, 0.2) is 27.8 Å². The second-order valence-corrected chi connectivity index (χ2v) is 4.39. The summed E-state index contributed by atoms with van der Waals surface area (Å²) in [7, 11) is -1.56. The third-order valence-corrected chi connectivity index (χ3v) is 2.82. The highest BCUT2D eigenvalue weighted by Crippen LogP contribution is 2.09. The summed E-state index contributed by atoms with van der Waals surface area (Å²) in [6.45, 7) is 0. The molecule has 0 saturated carbocycles. The number of aliphatic carboxylic acids is 1. The van der Waals surface area contributed by atoms with Gasteiger partial charge in [-0.05, 0) is 28.1 Å². The van der Waals surface area contributed by atoms with Crippen molar-refractivity contribution < 1.29 is 14.1 Å². The van der Waals surface area contributed by atoms with Crippen LogP contribution < -0.4 is 0 Å². The Morgan fingerprint density at radius 3 is 2.85 bits per heavy atom. The van der Waals surface area contributed by atoms with E-state index in [1.54, 1.807) is 12.1 Å². The van der Waals surface area contributed by atoms with Crippen LogP contribution >= 0.6 is 15.9 Å². The molecule has 1 N–H and O–H groups in total. The van der Waals surface area contributed by atoms with Crippen molar-refractivity contribution in [2.24, 2.45) is 0 Å². The first-order valence-electron chi connectivity index (χ1n) is 3.32. The molecule has 1 heterocycles. The molecule has 0 aliphatic carbocycles. The summed E-state index contributed by atoms with van der Waals surface area (Å²) in [5, 5.41) is 8.66. The lowest BCUT2D eigenvalue weighted by molar-refractivity contribution is -0.133. The zero-order valence-electron chi connectivity index (χ0n) is 6.44. The molecule has 0 bridgehead atoms. The third kappa shape index (κ3) is 3.23. The Hall–Kier alpha value is -0.750. The van der Waals surface area contributed by atoms with Crippen LogP contribution in [0.2, 0.25) is 0 Å². The monoisotopic (exact) mass is 263 g/mol. The van der Waals surface area contributed by atoms with Crippen molar-refractivity contribution >= 4 is 32.7 Å². The van der Waals surface area contributed by atoms with Crippen LogP contribution in [0.25, 0.3) is 0 Å². The molecule has 1 atom stereocenters. The van der Waals surface area contributed by atoms with E-state index in [0.29, 0.717) is 4.60 Å². The first-order valence-corrected chi connectivity index (χ1v) is 5.43. The van der Waals surface area contributed by atoms with Crippen LogP contribution in [0, 0.1) is 0 Å². The lowest BCUT2D eigenvalue weighted by atomic mass is 10.5. The van der Waals surface area contributed by atoms with Crippen LogP contribution in [0.1, 0.15) is 0 Å². The van der Waals surface area contributed by atoms with Crippen molar-refractivity contribution in [3.8, 4) is 0 Å². The molecule has 0 fully saturated rings. The van der Waals surface area contributed by atoms with Gasteiger partial charge in [-0.3, -0.25) is 9.00 Å². The first-order chi connectivity index (χ1) is 6.09. The molecular weight excluding hydrogens is 258 g/mol. The van der Waals surface area contributed by atoms with Crippen molar-refractivity contribution in [1.29, 1.82) is 0 Å². The molecule has 0 aliphatic heterocycles. The fraction of sp³-hybridized carbons (Fsp3) is 0.143. The number of aromatic nitrogens is 1. The highest BCUT2D eigenvalue weighted by molar-refractivity contribution is 9.10. The van der Waals surface area contributed by atoms with Gasteiger partial charge < -0.3 is 5.11 Å². The van der Waals surface area contributed by atoms with Crippen LogP contribution in [0.5, 0.6) is 0 Å². The minimum Gasteiger partial charge on any atom is -0.481 e. The van der Waals surface area contributed by atoms with Crippen LogP contribution in [0.3, 0.4) is 0 Å². The van der Waals surface area contributed by atoms with E-state index in [0.717, 1.165) is 0 Å². The molecule has 70 valence electrons. The van der Waals surface area contributed by atoms with Gasteiger partial charge in [0, 0.05) is 0 Å². The van der Waals surface area contributed by atoms with E-state index in [4.69, 9.17) is 5.11 Å². The molecule has 0 aromatic carbocycles. The van der Waals surface area contributed by atoms with Gasteiger partial charge in [0.15, 0.2) is 0 Å². The second-order valence-electron chi connectivity index (χ2n) is 2.18. The van der Waals surface area contributed by atoms with Crippen molar-refractivity contribution in [1.82, 2.24) is 4.98 Å².